The van der Waals surface area contributed by atoms with Gasteiger partial charge in [-0.1, -0.05) is 6.07 Å². The molecule has 2 nitrogen and oxygen atoms in total. The number of aliphatic hydroxyl groups is 1. The molecule has 1 aromatic rings. The summed E-state index contributed by atoms with van der Waals surface area (Å²) in [5.74, 6) is 0. The lowest BCUT2D eigenvalue weighted by molar-refractivity contribution is 0.0810. The van der Waals surface area contributed by atoms with E-state index in [1.165, 1.54) is 0 Å². The molecular weight excluding hydrogens is 230 g/mol. The minimum Gasteiger partial charge on any atom is -0.398 e. The zero-order valence-corrected chi connectivity index (χ0v) is 9.43. The highest BCUT2D eigenvalue weighted by Crippen LogP contribution is 2.22. The fourth-order valence-electron chi connectivity index (χ4n) is 1.18. The van der Waals surface area contributed by atoms with Gasteiger partial charge in [-0.15, -0.1) is 0 Å². The number of nitrogen functional groups attached to an aromatic ring is 1. The molecule has 72 valence electrons. The maximum Gasteiger partial charge on any atom is 0.0631 e. The number of anilines is 1. The molecule has 0 bridgehead atoms. The van der Waals surface area contributed by atoms with Crippen LogP contribution in [-0.2, 0) is 6.42 Å². The molecule has 0 atom stereocenters. The Labute approximate surface area is 86.9 Å². The van der Waals surface area contributed by atoms with E-state index in [2.05, 4.69) is 15.9 Å². The monoisotopic (exact) mass is 243 g/mol. The van der Waals surface area contributed by atoms with E-state index in [-0.39, 0.29) is 0 Å². The summed E-state index contributed by atoms with van der Waals surface area (Å²) in [5.41, 5.74) is 6.77. The molecule has 0 aliphatic carbocycles. The Morgan fingerprint density at radius 1 is 1.46 bits per heavy atom. The molecule has 0 saturated heterocycles. The van der Waals surface area contributed by atoms with E-state index in [0.29, 0.717) is 6.42 Å². The van der Waals surface area contributed by atoms with Crippen LogP contribution in [0.15, 0.2) is 22.7 Å². The van der Waals surface area contributed by atoms with Crippen LogP contribution in [0.5, 0.6) is 0 Å². The van der Waals surface area contributed by atoms with Gasteiger partial charge in [-0.2, -0.15) is 0 Å². The van der Waals surface area contributed by atoms with Crippen LogP contribution in [0.25, 0.3) is 0 Å². The third-order valence-corrected chi connectivity index (χ3v) is 2.39. The van der Waals surface area contributed by atoms with Crippen molar-refractivity contribution >= 4 is 21.6 Å². The van der Waals surface area contributed by atoms with Crippen LogP contribution < -0.4 is 5.73 Å². The summed E-state index contributed by atoms with van der Waals surface area (Å²) >= 11 is 3.35. The number of benzene rings is 1. The first kappa shape index (κ1) is 10.5. The Kier molecular flexibility index (Phi) is 2.98. The van der Waals surface area contributed by atoms with Crippen molar-refractivity contribution in [3.05, 3.63) is 28.2 Å². The first-order chi connectivity index (χ1) is 5.88. The molecule has 0 fully saturated rings. The minimum absolute atomic E-state index is 0.631. The minimum atomic E-state index is -0.671. The predicted octanol–water partition coefficient (Wildman–Crippen LogP) is 2.34. The molecule has 13 heavy (non-hydrogen) atoms. The van der Waals surface area contributed by atoms with Crippen molar-refractivity contribution in [1.82, 2.24) is 0 Å². The smallest absolute Gasteiger partial charge is 0.0631 e. The molecular formula is C10H14BrNO. The molecule has 0 unspecified atom stereocenters. The summed E-state index contributed by atoms with van der Waals surface area (Å²) in [6.45, 7) is 3.58. The molecule has 1 aromatic carbocycles. The Bertz CT molecular complexity index is 304. The zero-order valence-electron chi connectivity index (χ0n) is 7.84. The van der Waals surface area contributed by atoms with Crippen molar-refractivity contribution in [2.24, 2.45) is 0 Å². The van der Waals surface area contributed by atoms with Crippen LogP contribution >= 0.6 is 15.9 Å². The lowest BCUT2D eigenvalue weighted by atomic mass is 9.99. The average Bonchev–Trinajstić information content (AvgIpc) is 1.94. The fourth-order valence-corrected chi connectivity index (χ4v) is 1.61. The molecule has 0 aliphatic rings. The summed E-state index contributed by atoms with van der Waals surface area (Å²) in [7, 11) is 0. The topological polar surface area (TPSA) is 46.2 Å². The van der Waals surface area contributed by atoms with E-state index in [1.807, 2.05) is 18.2 Å². The average molecular weight is 244 g/mol. The van der Waals surface area contributed by atoms with E-state index >= 15 is 0 Å². The molecule has 0 amide bonds. The van der Waals surface area contributed by atoms with Gasteiger partial charge in [-0.05, 0) is 47.5 Å². The van der Waals surface area contributed by atoms with Crippen molar-refractivity contribution in [2.75, 3.05) is 5.73 Å². The molecule has 0 saturated carbocycles. The number of nitrogens with two attached hydrogens (primary N) is 1. The Morgan fingerprint density at radius 2 is 2.08 bits per heavy atom. The summed E-state index contributed by atoms with van der Waals surface area (Å²) in [6.07, 6.45) is 0.631. The molecule has 0 spiro atoms. The maximum absolute atomic E-state index is 9.58. The van der Waals surface area contributed by atoms with Crippen LogP contribution in [0.2, 0.25) is 0 Å². The molecule has 3 heteroatoms. The second kappa shape index (κ2) is 3.68. The summed E-state index contributed by atoms with van der Waals surface area (Å²) in [5, 5.41) is 9.58. The third kappa shape index (κ3) is 3.36. The van der Waals surface area contributed by atoms with Gasteiger partial charge in [0.2, 0.25) is 0 Å². The van der Waals surface area contributed by atoms with Gasteiger partial charge in [0, 0.05) is 16.6 Å². The predicted molar refractivity (Wildman–Crippen MR) is 58.6 cm³/mol. The normalized spacial score (nSPS) is 11.7. The highest BCUT2D eigenvalue weighted by Gasteiger charge is 2.13. The van der Waals surface area contributed by atoms with Gasteiger partial charge >= 0.3 is 0 Å². The lowest BCUT2D eigenvalue weighted by Crippen LogP contribution is -2.21. The van der Waals surface area contributed by atoms with Crippen molar-refractivity contribution in [2.45, 2.75) is 25.9 Å². The van der Waals surface area contributed by atoms with Gasteiger partial charge in [0.1, 0.15) is 0 Å². The maximum atomic E-state index is 9.58. The van der Waals surface area contributed by atoms with Crippen LogP contribution in [0, 0.1) is 0 Å². The van der Waals surface area contributed by atoms with Gasteiger partial charge in [0.05, 0.1) is 5.60 Å². The molecule has 0 aliphatic heterocycles. The first-order valence-electron chi connectivity index (χ1n) is 4.15. The Morgan fingerprint density at radius 3 is 2.54 bits per heavy atom. The van der Waals surface area contributed by atoms with Gasteiger partial charge < -0.3 is 10.8 Å². The van der Waals surface area contributed by atoms with E-state index in [1.54, 1.807) is 13.8 Å². The van der Waals surface area contributed by atoms with Crippen molar-refractivity contribution in [3.8, 4) is 0 Å². The van der Waals surface area contributed by atoms with Gasteiger partial charge in [0.25, 0.3) is 0 Å². The Hall–Kier alpha value is -0.540. The molecule has 0 heterocycles. The van der Waals surface area contributed by atoms with E-state index in [4.69, 9.17) is 5.73 Å². The third-order valence-electron chi connectivity index (χ3n) is 1.70. The largest absolute Gasteiger partial charge is 0.398 e. The van der Waals surface area contributed by atoms with E-state index < -0.39 is 5.60 Å². The van der Waals surface area contributed by atoms with Gasteiger partial charge in [-0.25, -0.2) is 0 Å². The zero-order chi connectivity index (χ0) is 10.1. The fraction of sp³-hybridized carbons (Fsp3) is 0.400. The van der Waals surface area contributed by atoms with Crippen LogP contribution in [0.4, 0.5) is 5.69 Å². The van der Waals surface area contributed by atoms with Crippen molar-refractivity contribution in [1.29, 1.82) is 0 Å². The van der Waals surface area contributed by atoms with Crippen molar-refractivity contribution < 1.29 is 5.11 Å². The van der Waals surface area contributed by atoms with Crippen LogP contribution in [0.1, 0.15) is 19.4 Å². The number of rotatable bonds is 2. The second-order valence-corrected chi connectivity index (χ2v) is 4.70. The molecule has 1 rings (SSSR count). The van der Waals surface area contributed by atoms with Gasteiger partial charge in [0.15, 0.2) is 0 Å². The molecule has 3 N–H and O–H groups in total. The summed E-state index contributed by atoms with van der Waals surface area (Å²) < 4.78 is 0.884. The van der Waals surface area contributed by atoms with Gasteiger partial charge in [-0.3, -0.25) is 0 Å². The first-order valence-corrected chi connectivity index (χ1v) is 4.94. The quantitative estimate of drug-likeness (QED) is 0.784. The number of hydrogen-bond acceptors (Lipinski definition) is 2. The SMILES string of the molecule is CC(C)(O)Cc1ccc(N)c(Br)c1. The molecule has 0 aromatic heterocycles. The standard InChI is InChI=1S/C10H14BrNO/c1-10(2,13)6-7-3-4-9(12)8(11)5-7/h3-5,13H,6,12H2,1-2H3. The lowest BCUT2D eigenvalue weighted by Gasteiger charge is -2.17. The van der Waals surface area contributed by atoms with E-state index in [9.17, 15) is 5.11 Å². The highest BCUT2D eigenvalue weighted by molar-refractivity contribution is 9.10. The van der Waals surface area contributed by atoms with E-state index in [0.717, 1.165) is 15.7 Å². The number of halogens is 1. The van der Waals surface area contributed by atoms with Crippen LogP contribution in [-0.4, -0.2) is 10.7 Å². The van der Waals surface area contributed by atoms with Crippen LogP contribution in [0.3, 0.4) is 0 Å². The summed E-state index contributed by atoms with van der Waals surface area (Å²) in [6, 6.07) is 5.70. The Balaban J connectivity index is 2.86. The second-order valence-electron chi connectivity index (χ2n) is 3.85. The summed E-state index contributed by atoms with van der Waals surface area (Å²) in [4.78, 5) is 0. The highest BCUT2D eigenvalue weighted by atomic mass is 79.9. The number of hydrogen-bond donors (Lipinski definition) is 2. The van der Waals surface area contributed by atoms with Crippen molar-refractivity contribution in [3.63, 3.8) is 0 Å². The molecule has 0 radical (unpaired) electrons.